The number of hydrogen-bond acceptors (Lipinski definition) is 4. The molecule has 0 fully saturated rings. The first-order valence-electron chi connectivity index (χ1n) is 7.25. The van der Waals surface area contributed by atoms with Crippen molar-refractivity contribution in [3.8, 4) is 0 Å². The van der Waals surface area contributed by atoms with Crippen LogP contribution in [0, 0.1) is 0 Å². The fraction of sp³-hybridized carbons (Fsp3) is 0. The summed E-state index contributed by atoms with van der Waals surface area (Å²) in [5, 5.41) is 13.1. The number of hydrogen-bond donors (Lipinski definition) is 2. The fourth-order valence-corrected chi connectivity index (χ4v) is 3.91. The molecule has 0 saturated carbocycles. The fourth-order valence-electron chi connectivity index (χ4n) is 2.46. The van der Waals surface area contributed by atoms with Gasteiger partial charge in [-0.15, -0.1) is 0 Å². The van der Waals surface area contributed by atoms with E-state index in [0.717, 1.165) is 11.5 Å². The van der Waals surface area contributed by atoms with E-state index >= 15 is 0 Å². The van der Waals surface area contributed by atoms with Gasteiger partial charge in [-0.2, -0.15) is 0 Å². The molecule has 0 aliphatic rings. The average molecular weight is 410 g/mol. The van der Waals surface area contributed by atoms with Crippen LogP contribution in [0.15, 0.2) is 47.9 Å². The number of H-pyrrole nitrogens is 1. The van der Waals surface area contributed by atoms with Gasteiger partial charge in [0.15, 0.2) is 0 Å². The summed E-state index contributed by atoms with van der Waals surface area (Å²) in [6, 6.07) is 11.2. The summed E-state index contributed by atoms with van der Waals surface area (Å²) in [4.78, 5) is 14.0. The highest BCUT2D eigenvalue weighted by molar-refractivity contribution is 7.95. The number of fused-ring (bicyclic) bond motifs is 1. The monoisotopic (exact) mass is 409 g/mol. The third kappa shape index (κ3) is 3.85. The van der Waals surface area contributed by atoms with E-state index in [1.54, 1.807) is 30.3 Å². The van der Waals surface area contributed by atoms with Gasteiger partial charge in [-0.25, -0.2) is 8.42 Å². The molecule has 0 atom stereocenters. The van der Waals surface area contributed by atoms with Gasteiger partial charge in [-0.1, -0.05) is 41.4 Å². The quantitative estimate of drug-likeness (QED) is 0.674. The van der Waals surface area contributed by atoms with Crippen LogP contribution >= 0.6 is 23.2 Å². The molecule has 0 radical (unpaired) electrons. The molecule has 0 aliphatic heterocycles. The summed E-state index contributed by atoms with van der Waals surface area (Å²) in [5.74, 6) is -1.50. The van der Waals surface area contributed by atoms with Crippen LogP contribution in [0.4, 0.5) is 5.69 Å². The molecule has 3 aromatic rings. The summed E-state index contributed by atoms with van der Waals surface area (Å²) >= 11 is 12.1. The Morgan fingerprint density at radius 3 is 2.50 bits per heavy atom. The molecule has 0 saturated heterocycles. The van der Waals surface area contributed by atoms with Crippen LogP contribution in [0.25, 0.3) is 17.0 Å². The smallest absolute Gasteiger partial charge is 0.255 e. The van der Waals surface area contributed by atoms with E-state index in [0.29, 0.717) is 21.6 Å². The van der Waals surface area contributed by atoms with E-state index in [-0.39, 0.29) is 16.3 Å². The first-order chi connectivity index (χ1) is 12.3. The molecule has 26 heavy (non-hydrogen) atoms. The zero-order valence-electron chi connectivity index (χ0n) is 13.0. The first-order valence-corrected chi connectivity index (χ1v) is 9.55. The number of halogens is 2. The standard InChI is InChI=1S/C17H12Cl2N2O4S/c18-10-8-13(19)15-12(16(17(22)23)20-14(15)9-10)6-7-26(24,25)21-11-4-2-1-3-5-11/h1-9,20-21H,(H,22,23)/p-1/b7-6+. The van der Waals surface area contributed by atoms with Gasteiger partial charge in [-0.3, -0.25) is 4.72 Å². The molecule has 2 aromatic carbocycles. The second-order valence-electron chi connectivity index (χ2n) is 5.33. The first kappa shape index (κ1) is 18.3. The van der Waals surface area contributed by atoms with Gasteiger partial charge in [0.25, 0.3) is 10.0 Å². The second kappa shape index (κ2) is 7.03. The van der Waals surface area contributed by atoms with Gasteiger partial charge in [0, 0.05) is 27.2 Å². The van der Waals surface area contributed by atoms with Crippen molar-refractivity contribution in [2.24, 2.45) is 0 Å². The maximum Gasteiger partial charge on any atom is 0.255 e. The van der Waals surface area contributed by atoms with Crippen LogP contribution in [0.1, 0.15) is 16.1 Å². The molecule has 1 aromatic heterocycles. The number of aromatic nitrogens is 1. The van der Waals surface area contributed by atoms with E-state index in [9.17, 15) is 18.3 Å². The topological polar surface area (TPSA) is 102 Å². The number of carboxylic acid groups (broad SMARTS) is 1. The Bertz CT molecular complexity index is 1120. The number of nitrogens with one attached hydrogen (secondary N) is 2. The Morgan fingerprint density at radius 2 is 1.85 bits per heavy atom. The maximum absolute atomic E-state index is 12.2. The van der Waals surface area contributed by atoms with Gasteiger partial charge < -0.3 is 14.9 Å². The van der Waals surface area contributed by atoms with Crippen molar-refractivity contribution < 1.29 is 18.3 Å². The van der Waals surface area contributed by atoms with Crippen LogP contribution < -0.4 is 9.83 Å². The maximum atomic E-state index is 12.2. The number of aromatic amines is 1. The molecule has 0 amide bonds. The third-order valence-corrected chi connectivity index (χ3v) is 5.04. The Kier molecular flexibility index (Phi) is 4.95. The Hall–Kier alpha value is -2.48. The van der Waals surface area contributed by atoms with E-state index in [1.165, 1.54) is 12.1 Å². The highest BCUT2D eigenvalue weighted by Gasteiger charge is 2.15. The Labute approximate surface area is 159 Å². The molecule has 0 unspecified atom stereocenters. The number of anilines is 1. The highest BCUT2D eigenvalue weighted by atomic mass is 35.5. The minimum atomic E-state index is -3.87. The third-order valence-electron chi connectivity index (χ3n) is 3.51. The van der Waals surface area contributed by atoms with Gasteiger partial charge in [0.1, 0.15) is 0 Å². The minimum absolute atomic E-state index is 0.0834. The number of aromatic carboxylic acids is 1. The highest BCUT2D eigenvalue weighted by Crippen LogP contribution is 2.33. The molecule has 9 heteroatoms. The SMILES string of the molecule is O=C([O-])c1[nH]c2cc(Cl)cc(Cl)c2c1/C=C/S(=O)(=O)Nc1ccccc1. The van der Waals surface area contributed by atoms with Gasteiger partial charge in [0.05, 0.1) is 22.1 Å². The molecule has 0 bridgehead atoms. The number of para-hydroxylation sites is 1. The molecule has 0 spiro atoms. The number of carboxylic acids is 1. The number of carbonyl (C=O) groups excluding carboxylic acids is 1. The average Bonchev–Trinajstić information content (AvgIpc) is 2.92. The lowest BCUT2D eigenvalue weighted by Crippen LogP contribution is -2.23. The van der Waals surface area contributed by atoms with Crippen molar-refractivity contribution in [1.29, 1.82) is 0 Å². The largest absolute Gasteiger partial charge is 0.543 e. The molecule has 134 valence electrons. The van der Waals surface area contributed by atoms with Crippen LogP contribution in [0.5, 0.6) is 0 Å². The van der Waals surface area contributed by atoms with E-state index in [4.69, 9.17) is 23.2 Å². The number of rotatable bonds is 5. The molecule has 2 N–H and O–H groups in total. The van der Waals surface area contributed by atoms with Gasteiger partial charge in [0.2, 0.25) is 0 Å². The number of sulfonamides is 1. The van der Waals surface area contributed by atoms with Crippen LogP contribution in [-0.4, -0.2) is 19.4 Å². The van der Waals surface area contributed by atoms with Crippen LogP contribution in [0.2, 0.25) is 10.0 Å². The lowest BCUT2D eigenvalue weighted by atomic mass is 10.1. The van der Waals surface area contributed by atoms with E-state index in [2.05, 4.69) is 9.71 Å². The van der Waals surface area contributed by atoms with Crippen molar-refractivity contribution in [2.75, 3.05) is 4.72 Å². The molecule has 3 rings (SSSR count). The van der Waals surface area contributed by atoms with Crippen molar-refractivity contribution in [2.45, 2.75) is 0 Å². The zero-order valence-corrected chi connectivity index (χ0v) is 15.3. The van der Waals surface area contributed by atoms with Crippen molar-refractivity contribution >= 4 is 61.9 Å². The molecule has 6 nitrogen and oxygen atoms in total. The Balaban J connectivity index is 2.06. The summed E-state index contributed by atoms with van der Waals surface area (Å²) < 4.78 is 26.8. The van der Waals surface area contributed by atoms with Crippen molar-refractivity contribution in [1.82, 2.24) is 4.98 Å². The van der Waals surface area contributed by atoms with Crippen LogP contribution in [0.3, 0.4) is 0 Å². The number of carbonyl (C=O) groups is 1. The molecular formula is C17H11Cl2N2O4S-. The minimum Gasteiger partial charge on any atom is -0.543 e. The van der Waals surface area contributed by atoms with Gasteiger partial charge in [-0.05, 0) is 30.3 Å². The Morgan fingerprint density at radius 1 is 1.15 bits per heavy atom. The van der Waals surface area contributed by atoms with Gasteiger partial charge >= 0.3 is 0 Å². The lowest BCUT2D eigenvalue weighted by Gasteiger charge is -2.05. The predicted octanol–water partition coefficient (Wildman–Crippen LogP) is 3.25. The predicted molar refractivity (Wildman–Crippen MR) is 101 cm³/mol. The zero-order chi connectivity index (χ0) is 18.9. The second-order valence-corrected chi connectivity index (χ2v) is 7.74. The van der Waals surface area contributed by atoms with E-state index < -0.39 is 16.0 Å². The normalized spacial score (nSPS) is 11.9. The molecule has 1 heterocycles. The lowest BCUT2D eigenvalue weighted by molar-refractivity contribution is -0.255. The summed E-state index contributed by atoms with van der Waals surface area (Å²) in [7, 11) is -3.87. The van der Waals surface area contributed by atoms with Crippen LogP contribution in [-0.2, 0) is 10.0 Å². The van der Waals surface area contributed by atoms with Crippen molar-refractivity contribution in [3.05, 3.63) is 69.2 Å². The molecule has 0 aliphatic carbocycles. The van der Waals surface area contributed by atoms with E-state index in [1.807, 2.05) is 0 Å². The number of benzene rings is 2. The molecular weight excluding hydrogens is 399 g/mol. The summed E-state index contributed by atoms with van der Waals surface area (Å²) in [6.07, 6.45) is 1.15. The summed E-state index contributed by atoms with van der Waals surface area (Å²) in [5.41, 5.74) is 0.520. The van der Waals surface area contributed by atoms with Crippen molar-refractivity contribution in [3.63, 3.8) is 0 Å². The summed E-state index contributed by atoms with van der Waals surface area (Å²) in [6.45, 7) is 0.